The maximum Gasteiger partial charge on any atom is 0.0589 e. The third-order valence-corrected chi connectivity index (χ3v) is 4.18. The second kappa shape index (κ2) is 5.33. The predicted octanol–water partition coefficient (Wildman–Crippen LogP) is 5.02. The van der Waals surface area contributed by atoms with Crippen LogP contribution in [-0.4, -0.2) is 5.71 Å². The van der Waals surface area contributed by atoms with Gasteiger partial charge in [0.2, 0.25) is 0 Å². The molecule has 1 nitrogen and oxygen atoms in total. The number of allylic oxidation sites excluding steroid dienone is 1. The summed E-state index contributed by atoms with van der Waals surface area (Å²) in [5, 5.41) is 0. The topological polar surface area (TPSA) is 12.4 Å². The fraction of sp³-hybridized carbons (Fsp3) is 0.250. The molecule has 1 aliphatic rings. The molecule has 3 rings (SSSR count). The SMILES string of the molecule is Cc1ccc(C2=NC=CC2c2c(C)cc(C)cc2C)cc1. The summed E-state index contributed by atoms with van der Waals surface area (Å²) in [4.78, 5) is 4.63. The molecular formula is C20H21N. The molecule has 0 radical (unpaired) electrons. The molecule has 0 fully saturated rings. The number of aliphatic imine (C=N–C) groups is 1. The minimum absolute atomic E-state index is 0.272. The zero-order valence-corrected chi connectivity index (χ0v) is 13.1. The summed E-state index contributed by atoms with van der Waals surface area (Å²) in [5.74, 6) is 0.272. The molecule has 21 heavy (non-hydrogen) atoms. The normalized spacial score (nSPS) is 17.1. The van der Waals surface area contributed by atoms with E-state index >= 15 is 0 Å². The number of rotatable bonds is 2. The van der Waals surface area contributed by atoms with Gasteiger partial charge < -0.3 is 0 Å². The second-order valence-corrected chi connectivity index (χ2v) is 6.01. The summed E-state index contributed by atoms with van der Waals surface area (Å²) in [6.45, 7) is 8.68. The van der Waals surface area contributed by atoms with E-state index in [1.165, 1.54) is 33.4 Å². The molecule has 1 aliphatic heterocycles. The van der Waals surface area contributed by atoms with Crippen LogP contribution in [0.1, 0.15) is 39.3 Å². The zero-order valence-electron chi connectivity index (χ0n) is 13.1. The predicted molar refractivity (Wildman–Crippen MR) is 90.3 cm³/mol. The van der Waals surface area contributed by atoms with E-state index in [9.17, 15) is 0 Å². The van der Waals surface area contributed by atoms with Gasteiger partial charge in [0, 0.05) is 12.1 Å². The van der Waals surface area contributed by atoms with E-state index in [0.717, 1.165) is 5.71 Å². The van der Waals surface area contributed by atoms with Crippen molar-refractivity contribution in [1.29, 1.82) is 0 Å². The number of hydrogen-bond donors (Lipinski definition) is 0. The lowest BCUT2D eigenvalue weighted by Gasteiger charge is -2.19. The van der Waals surface area contributed by atoms with Gasteiger partial charge in [0.15, 0.2) is 0 Å². The van der Waals surface area contributed by atoms with Crippen molar-refractivity contribution in [3.05, 3.63) is 82.1 Å². The van der Waals surface area contributed by atoms with Crippen molar-refractivity contribution >= 4 is 5.71 Å². The van der Waals surface area contributed by atoms with Crippen molar-refractivity contribution in [2.75, 3.05) is 0 Å². The molecule has 2 aromatic rings. The molecule has 0 bridgehead atoms. The van der Waals surface area contributed by atoms with Crippen molar-refractivity contribution in [3.63, 3.8) is 0 Å². The van der Waals surface area contributed by atoms with Gasteiger partial charge in [-0.3, -0.25) is 4.99 Å². The van der Waals surface area contributed by atoms with Crippen LogP contribution in [0.3, 0.4) is 0 Å². The van der Waals surface area contributed by atoms with Gasteiger partial charge in [-0.25, -0.2) is 0 Å². The summed E-state index contributed by atoms with van der Waals surface area (Å²) in [6.07, 6.45) is 4.15. The maximum atomic E-state index is 4.63. The first-order valence-corrected chi connectivity index (χ1v) is 7.45. The highest BCUT2D eigenvalue weighted by atomic mass is 14.7. The molecule has 1 heterocycles. The Hall–Kier alpha value is -2.15. The minimum Gasteiger partial charge on any atom is -0.260 e. The van der Waals surface area contributed by atoms with Crippen LogP contribution in [-0.2, 0) is 0 Å². The van der Waals surface area contributed by atoms with Crippen LogP contribution < -0.4 is 0 Å². The Morgan fingerprint density at radius 3 is 2.05 bits per heavy atom. The maximum absolute atomic E-state index is 4.63. The molecule has 106 valence electrons. The Morgan fingerprint density at radius 1 is 0.810 bits per heavy atom. The summed E-state index contributed by atoms with van der Waals surface area (Å²) in [6, 6.07) is 13.2. The highest BCUT2D eigenvalue weighted by molar-refractivity contribution is 6.08. The van der Waals surface area contributed by atoms with Gasteiger partial charge in [0.1, 0.15) is 0 Å². The highest BCUT2D eigenvalue weighted by Crippen LogP contribution is 2.32. The van der Waals surface area contributed by atoms with Crippen molar-refractivity contribution < 1.29 is 0 Å². The van der Waals surface area contributed by atoms with E-state index in [2.05, 4.69) is 75.2 Å². The Labute approximate surface area is 127 Å². The van der Waals surface area contributed by atoms with Crippen molar-refractivity contribution in [2.45, 2.75) is 33.6 Å². The molecular weight excluding hydrogens is 254 g/mol. The van der Waals surface area contributed by atoms with Gasteiger partial charge >= 0.3 is 0 Å². The summed E-state index contributed by atoms with van der Waals surface area (Å²) in [5.41, 5.74) is 9.08. The van der Waals surface area contributed by atoms with E-state index in [1.807, 2.05) is 6.20 Å². The zero-order chi connectivity index (χ0) is 15.0. The summed E-state index contributed by atoms with van der Waals surface area (Å²) < 4.78 is 0. The Balaban J connectivity index is 2.05. The van der Waals surface area contributed by atoms with E-state index in [0.29, 0.717) is 0 Å². The van der Waals surface area contributed by atoms with Crippen LogP contribution in [0, 0.1) is 27.7 Å². The van der Waals surface area contributed by atoms with E-state index in [1.54, 1.807) is 0 Å². The first-order chi connectivity index (χ1) is 10.1. The number of aryl methyl sites for hydroxylation is 4. The standard InChI is InChI=1S/C20H21N/c1-13-5-7-17(8-6-13)20-18(9-10-21-20)19-15(3)11-14(2)12-16(19)4/h5-12,18H,1-4H3. The van der Waals surface area contributed by atoms with Gasteiger partial charge in [-0.05, 0) is 49.9 Å². The highest BCUT2D eigenvalue weighted by Gasteiger charge is 2.23. The van der Waals surface area contributed by atoms with E-state index < -0.39 is 0 Å². The lowest BCUT2D eigenvalue weighted by molar-refractivity contribution is 1.09. The monoisotopic (exact) mass is 275 g/mol. The van der Waals surface area contributed by atoms with Crippen molar-refractivity contribution in [3.8, 4) is 0 Å². The molecule has 0 N–H and O–H groups in total. The van der Waals surface area contributed by atoms with Gasteiger partial charge in [-0.2, -0.15) is 0 Å². The van der Waals surface area contributed by atoms with E-state index in [-0.39, 0.29) is 5.92 Å². The van der Waals surface area contributed by atoms with Crippen LogP contribution in [0.15, 0.2) is 53.7 Å². The Bertz CT molecular complexity index is 710. The van der Waals surface area contributed by atoms with Crippen molar-refractivity contribution in [2.24, 2.45) is 4.99 Å². The molecule has 0 aromatic heterocycles. The van der Waals surface area contributed by atoms with Crippen LogP contribution in [0.2, 0.25) is 0 Å². The molecule has 0 saturated heterocycles. The van der Waals surface area contributed by atoms with E-state index in [4.69, 9.17) is 0 Å². The molecule has 1 atom stereocenters. The van der Waals surface area contributed by atoms with Crippen molar-refractivity contribution in [1.82, 2.24) is 0 Å². The quantitative estimate of drug-likeness (QED) is 0.729. The van der Waals surface area contributed by atoms with Gasteiger partial charge in [0.05, 0.1) is 5.71 Å². The second-order valence-electron chi connectivity index (χ2n) is 6.01. The van der Waals surface area contributed by atoms with Crippen LogP contribution >= 0.6 is 0 Å². The van der Waals surface area contributed by atoms with Crippen LogP contribution in [0.5, 0.6) is 0 Å². The molecule has 0 aliphatic carbocycles. The molecule has 2 aromatic carbocycles. The fourth-order valence-corrected chi connectivity index (χ4v) is 3.27. The van der Waals surface area contributed by atoms with Crippen LogP contribution in [0.25, 0.3) is 0 Å². The Kier molecular flexibility index (Phi) is 3.50. The average Bonchev–Trinajstić information content (AvgIpc) is 2.87. The Morgan fingerprint density at radius 2 is 1.43 bits per heavy atom. The van der Waals surface area contributed by atoms with Gasteiger partial charge in [-0.15, -0.1) is 0 Å². The lowest BCUT2D eigenvalue weighted by atomic mass is 9.84. The van der Waals surface area contributed by atoms with Gasteiger partial charge in [-0.1, -0.05) is 53.6 Å². The first kappa shape index (κ1) is 13.8. The van der Waals surface area contributed by atoms with Crippen LogP contribution in [0.4, 0.5) is 0 Å². The molecule has 0 amide bonds. The fourth-order valence-electron chi connectivity index (χ4n) is 3.27. The van der Waals surface area contributed by atoms with Gasteiger partial charge in [0.25, 0.3) is 0 Å². The number of nitrogens with zero attached hydrogens (tertiary/aromatic N) is 1. The molecule has 0 saturated carbocycles. The lowest BCUT2D eigenvalue weighted by Crippen LogP contribution is -2.12. The third kappa shape index (κ3) is 2.56. The smallest absolute Gasteiger partial charge is 0.0589 e. The number of hydrogen-bond acceptors (Lipinski definition) is 1. The average molecular weight is 275 g/mol. The molecule has 0 spiro atoms. The summed E-state index contributed by atoms with van der Waals surface area (Å²) in [7, 11) is 0. The molecule has 1 heteroatoms. The summed E-state index contributed by atoms with van der Waals surface area (Å²) >= 11 is 0. The first-order valence-electron chi connectivity index (χ1n) is 7.45. The third-order valence-electron chi connectivity index (χ3n) is 4.18. The largest absolute Gasteiger partial charge is 0.260 e. The number of benzene rings is 2. The minimum atomic E-state index is 0.272. The molecule has 1 unspecified atom stereocenters.